The minimum absolute atomic E-state index is 0.288. The molecule has 0 spiro atoms. The normalized spacial score (nSPS) is 13.0. The van der Waals surface area contributed by atoms with Crippen LogP contribution in [0.5, 0.6) is 0 Å². The molecule has 0 aliphatic heterocycles. The quantitative estimate of drug-likeness (QED) is 0.483. The lowest BCUT2D eigenvalue weighted by Gasteiger charge is -2.22. The standard InChI is InChI=1S/C8H19N3O2/c1-7(2,9)5-10-6-8(3,4)11(12)13/h10H,5-6,9H2,1-4H3. The van der Waals surface area contributed by atoms with Crippen molar-refractivity contribution in [1.29, 1.82) is 0 Å². The summed E-state index contributed by atoms with van der Waals surface area (Å²) in [5.41, 5.74) is 4.46. The van der Waals surface area contributed by atoms with E-state index in [1.165, 1.54) is 0 Å². The molecule has 0 aliphatic carbocycles. The lowest BCUT2D eigenvalue weighted by atomic mass is 10.0. The van der Waals surface area contributed by atoms with E-state index < -0.39 is 5.54 Å². The topological polar surface area (TPSA) is 81.2 Å². The number of hydrogen-bond donors (Lipinski definition) is 2. The van der Waals surface area contributed by atoms with Gasteiger partial charge in [0.25, 0.3) is 0 Å². The molecule has 0 saturated carbocycles. The monoisotopic (exact) mass is 189 g/mol. The van der Waals surface area contributed by atoms with Gasteiger partial charge in [-0.05, 0) is 13.8 Å². The third kappa shape index (κ3) is 5.54. The van der Waals surface area contributed by atoms with Gasteiger partial charge in [-0.15, -0.1) is 0 Å². The number of nitrogens with zero attached hydrogens (tertiary/aromatic N) is 1. The summed E-state index contributed by atoms with van der Waals surface area (Å²) in [5.74, 6) is 0. The van der Waals surface area contributed by atoms with E-state index in [0.29, 0.717) is 13.1 Å². The van der Waals surface area contributed by atoms with E-state index in [2.05, 4.69) is 5.32 Å². The summed E-state index contributed by atoms with van der Waals surface area (Å²) in [6.07, 6.45) is 0. The van der Waals surface area contributed by atoms with Crippen molar-refractivity contribution in [3.63, 3.8) is 0 Å². The summed E-state index contributed by atoms with van der Waals surface area (Å²) in [7, 11) is 0. The van der Waals surface area contributed by atoms with Gasteiger partial charge < -0.3 is 11.1 Å². The second-order valence-electron chi connectivity index (χ2n) is 4.66. The summed E-state index contributed by atoms with van der Waals surface area (Å²) < 4.78 is 0. The molecule has 0 saturated heterocycles. The minimum Gasteiger partial charge on any atom is -0.324 e. The van der Waals surface area contributed by atoms with E-state index in [0.717, 1.165) is 0 Å². The fourth-order valence-electron chi connectivity index (χ4n) is 0.755. The highest BCUT2D eigenvalue weighted by atomic mass is 16.6. The Kier molecular flexibility index (Phi) is 3.81. The molecule has 0 unspecified atom stereocenters. The Morgan fingerprint density at radius 2 is 1.77 bits per heavy atom. The van der Waals surface area contributed by atoms with Crippen molar-refractivity contribution in [2.75, 3.05) is 13.1 Å². The third-order valence-electron chi connectivity index (χ3n) is 1.63. The van der Waals surface area contributed by atoms with Crippen LogP contribution >= 0.6 is 0 Å². The van der Waals surface area contributed by atoms with Gasteiger partial charge in [0.15, 0.2) is 0 Å². The van der Waals surface area contributed by atoms with Crippen molar-refractivity contribution in [3.8, 4) is 0 Å². The molecular formula is C8H19N3O2. The van der Waals surface area contributed by atoms with Gasteiger partial charge in [-0.3, -0.25) is 10.1 Å². The van der Waals surface area contributed by atoms with E-state index in [4.69, 9.17) is 5.73 Å². The number of hydrogen-bond acceptors (Lipinski definition) is 4. The minimum atomic E-state index is -0.925. The average Bonchev–Trinajstić information content (AvgIpc) is 1.82. The van der Waals surface area contributed by atoms with E-state index in [9.17, 15) is 10.1 Å². The molecule has 0 bridgehead atoms. The van der Waals surface area contributed by atoms with Crippen LogP contribution in [0.2, 0.25) is 0 Å². The summed E-state index contributed by atoms with van der Waals surface area (Å²) in [6, 6.07) is 0. The average molecular weight is 189 g/mol. The first-order valence-corrected chi connectivity index (χ1v) is 4.29. The Bertz CT molecular complexity index is 184. The maximum absolute atomic E-state index is 10.5. The molecule has 0 rings (SSSR count). The molecule has 0 aromatic rings. The van der Waals surface area contributed by atoms with Crippen LogP contribution in [0, 0.1) is 10.1 Å². The lowest BCUT2D eigenvalue weighted by Crippen LogP contribution is -2.49. The van der Waals surface area contributed by atoms with Crippen LogP contribution in [-0.4, -0.2) is 29.1 Å². The molecule has 0 aromatic carbocycles. The smallest absolute Gasteiger partial charge is 0.229 e. The van der Waals surface area contributed by atoms with Crippen molar-refractivity contribution >= 4 is 0 Å². The molecule has 0 fully saturated rings. The Labute approximate surface area is 78.8 Å². The molecule has 0 atom stereocenters. The zero-order valence-electron chi connectivity index (χ0n) is 8.76. The molecule has 13 heavy (non-hydrogen) atoms. The molecule has 5 heteroatoms. The predicted octanol–water partition coefficient (Wildman–Crippen LogP) is 0.369. The van der Waals surface area contributed by atoms with E-state index in [1.54, 1.807) is 13.8 Å². The second kappa shape index (κ2) is 4.02. The van der Waals surface area contributed by atoms with Crippen LogP contribution < -0.4 is 11.1 Å². The van der Waals surface area contributed by atoms with Gasteiger partial charge in [0.05, 0.1) is 6.54 Å². The molecule has 0 radical (unpaired) electrons. The predicted molar refractivity (Wildman–Crippen MR) is 52.2 cm³/mol. The second-order valence-corrected chi connectivity index (χ2v) is 4.66. The van der Waals surface area contributed by atoms with E-state index in [-0.39, 0.29) is 10.5 Å². The Morgan fingerprint density at radius 1 is 1.31 bits per heavy atom. The number of nitro groups is 1. The SMILES string of the molecule is CC(C)(N)CNCC(C)(C)[N+](=O)[O-]. The fraction of sp³-hybridized carbons (Fsp3) is 1.00. The van der Waals surface area contributed by atoms with Crippen molar-refractivity contribution in [3.05, 3.63) is 10.1 Å². The van der Waals surface area contributed by atoms with Crippen molar-refractivity contribution in [1.82, 2.24) is 5.32 Å². The van der Waals surface area contributed by atoms with Crippen molar-refractivity contribution < 1.29 is 4.92 Å². The van der Waals surface area contributed by atoms with Gasteiger partial charge in [-0.2, -0.15) is 0 Å². The van der Waals surface area contributed by atoms with Gasteiger partial charge in [-0.1, -0.05) is 0 Å². The maximum atomic E-state index is 10.5. The van der Waals surface area contributed by atoms with E-state index >= 15 is 0 Å². The molecule has 78 valence electrons. The first-order chi connectivity index (χ1) is 5.65. The van der Waals surface area contributed by atoms with Gasteiger partial charge in [-0.25, -0.2) is 0 Å². The zero-order valence-corrected chi connectivity index (χ0v) is 8.76. The van der Waals surface area contributed by atoms with Crippen molar-refractivity contribution in [2.45, 2.75) is 38.8 Å². The highest BCUT2D eigenvalue weighted by Crippen LogP contribution is 2.05. The first-order valence-electron chi connectivity index (χ1n) is 4.29. The Balaban J connectivity index is 3.84. The van der Waals surface area contributed by atoms with Crippen LogP contribution in [-0.2, 0) is 0 Å². The maximum Gasteiger partial charge on any atom is 0.229 e. The largest absolute Gasteiger partial charge is 0.324 e. The summed E-state index contributed by atoms with van der Waals surface area (Å²) in [6.45, 7) is 7.83. The fourth-order valence-corrected chi connectivity index (χ4v) is 0.755. The van der Waals surface area contributed by atoms with Gasteiger partial charge in [0.1, 0.15) is 0 Å². The first kappa shape index (κ1) is 12.3. The van der Waals surface area contributed by atoms with E-state index in [1.807, 2.05) is 13.8 Å². The van der Waals surface area contributed by atoms with Crippen molar-refractivity contribution in [2.24, 2.45) is 5.73 Å². The Hall–Kier alpha value is -0.680. The van der Waals surface area contributed by atoms with Crippen LogP contribution in [0.15, 0.2) is 0 Å². The van der Waals surface area contributed by atoms with Gasteiger partial charge in [0, 0.05) is 30.9 Å². The molecule has 0 heterocycles. The van der Waals surface area contributed by atoms with Crippen LogP contribution in [0.4, 0.5) is 0 Å². The molecule has 0 aromatic heterocycles. The van der Waals surface area contributed by atoms with Gasteiger partial charge >= 0.3 is 0 Å². The number of rotatable bonds is 5. The number of nitrogens with two attached hydrogens (primary N) is 1. The zero-order chi connectivity index (χ0) is 10.7. The molecule has 0 amide bonds. The molecular weight excluding hydrogens is 170 g/mol. The van der Waals surface area contributed by atoms with Crippen LogP contribution in [0.1, 0.15) is 27.7 Å². The van der Waals surface area contributed by atoms with Crippen LogP contribution in [0.3, 0.4) is 0 Å². The molecule has 3 N–H and O–H groups in total. The van der Waals surface area contributed by atoms with Gasteiger partial charge in [0.2, 0.25) is 5.54 Å². The highest BCUT2D eigenvalue weighted by molar-refractivity contribution is 4.78. The third-order valence-corrected chi connectivity index (χ3v) is 1.63. The van der Waals surface area contributed by atoms with Crippen LogP contribution in [0.25, 0.3) is 0 Å². The molecule has 0 aliphatic rings. The summed E-state index contributed by atoms with van der Waals surface area (Å²) in [5, 5.41) is 13.5. The highest BCUT2D eigenvalue weighted by Gasteiger charge is 2.30. The summed E-state index contributed by atoms with van der Waals surface area (Å²) >= 11 is 0. The molecule has 5 nitrogen and oxygen atoms in total. The summed E-state index contributed by atoms with van der Waals surface area (Å²) in [4.78, 5) is 10.2. The Morgan fingerprint density at radius 3 is 2.08 bits per heavy atom. The number of nitrogens with one attached hydrogen (secondary N) is 1. The lowest BCUT2D eigenvalue weighted by molar-refractivity contribution is -0.558.